The fourth-order valence-electron chi connectivity index (χ4n) is 2.42. The molecule has 0 aliphatic rings. The van der Waals surface area contributed by atoms with Gasteiger partial charge in [-0.1, -0.05) is 36.4 Å². The van der Waals surface area contributed by atoms with Crippen LogP contribution in [0.15, 0.2) is 60.2 Å². The lowest BCUT2D eigenvalue weighted by Gasteiger charge is -2.24. The van der Waals surface area contributed by atoms with Gasteiger partial charge < -0.3 is 20.1 Å². The molecule has 2 atom stereocenters. The first-order valence-corrected chi connectivity index (χ1v) is 7.54. The summed E-state index contributed by atoms with van der Waals surface area (Å²) in [5.74, 6) is -1.18. The molecule has 5 heteroatoms. The van der Waals surface area contributed by atoms with Crippen LogP contribution in [-0.4, -0.2) is 27.4 Å². The van der Waals surface area contributed by atoms with Crippen LogP contribution in [0.3, 0.4) is 0 Å². The quantitative estimate of drug-likeness (QED) is 0.704. The molecule has 0 aromatic heterocycles. The van der Waals surface area contributed by atoms with Gasteiger partial charge in [-0.3, -0.25) is 0 Å². The highest BCUT2D eigenvalue weighted by Gasteiger charge is 2.23. The minimum Gasteiger partial charge on any atom is -0.508 e. The van der Waals surface area contributed by atoms with E-state index >= 15 is 0 Å². The smallest absolute Gasteiger partial charge is 0.330 e. The molecule has 0 radical (unpaired) electrons. The summed E-state index contributed by atoms with van der Waals surface area (Å²) in [4.78, 5) is 11.2. The molecule has 2 aromatic carbocycles. The summed E-state index contributed by atoms with van der Waals surface area (Å²) < 4.78 is 5.80. The van der Waals surface area contributed by atoms with Crippen LogP contribution in [0.4, 0.5) is 0 Å². The highest BCUT2D eigenvalue weighted by molar-refractivity contribution is 5.86. The Morgan fingerprint density at radius 3 is 2.21 bits per heavy atom. The van der Waals surface area contributed by atoms with Gasteiger partial charge in [-0.05, 0) is 32.0 Å². The third-order valence-corrected chi connectivity index (χ3v) is 3.75. The van der Waals surface area contributed by atoms with Crippen molar-refractivity contribution in [1.29, 1.82) is 0 Å². The molecule has 0 saturated heterocycles. The van der Waals surface area contributed by atoms with Crippen molar-refractivity contribution in [1.82, 2.24) is 0 Å². The number of carbonyl (C=O) groups is 1. The highest BCUT2D eigenvalue weighted by atomic mass is 16.5. The van der Waals surface area contributed by atoms with Gasteiger partial charge in [-0.15, -0.1) is 0 Å². The monoisotopic (exact) mass is 328 g/mol. The van der Waals surface area contributed by atoms with Gasteiger partial charge in [0.1, 0.15) is 11.9 Å². The largest absolute Gasteiger partial charge is 0.508 e. The van der Waals surface area contributed by atoms with E-state index in [1.54, 1.807) is 55.5 Å². The first-order valence-electron chi connectivity index (χ1n) is 7.54. The zero-order chi connectivity index (χ0) is 17.7. The van der Waals surface area contributed by atoms with E-state index in [1.165, 1.54) is 13.0 Å². The van der Waals surface area contributed by atoms with Gasteiger partial charge in [-0.25, -0.2) is 4.79 Å². The maximum atomic E-state index is 11.2. The Kier molecular flexibility index (Phi) is 5.47. The van der Waals surface area contributed by atoms with Crippen molar-refractivity contribution in [2.24, 2.45) is 0 Å². The van der Waals surface area contributed by atoms with Crippen LogP contribution in [0.25, 0.3) is 0 Å². The third-order valence-electron chi connectivity index (χ3n) is 3.75. The lowest BCUT2D eigenvalue weighted by atomic mass is 9.91. The number of rotatable bonds is 6. The van der Waals surface area contributed by atoms with E-state index in [0.717, 1.165) is 0 Å². The summed E-state index contributed by atoms with van der Waals surface area (Å²) in [7, 11) is 0. The average molecular weight is 328 g/mol. The predicted octanol–water partition coefficient (Wildman–Crippen LogP) is 3.68. The van der Waals surface area contributed by atoms with E-state index in [-0.39, 0.29) is 17.1 Å². The number of hydrogen-bond donors (Lipinski definition) is 3. The standard InChI is InChI=1S/C19H20O5/c1-12(19(22)23)11-15(14-7-3-4-8-16(14)20)13(2)24-18-10-6-5-9-17(18)21/h3-11,13,15,20-21H,1-2H3,(H,22,23)/t13-,15?/m0/s1. The Labute approximate surface area is 140 Å². The van der Waals surface area contributed by atoms with Gasteiger partial charge in [-0.2, -0.15) is 0 Å². The van der Waals surface area contributed by atoms with Crippen LogP contribution >= 0.6 is 0 Å². The van der Waals surface area contributed by atoms with E-state index in [1.807, 2.05) is 0 Å². The van der Waals surface area contributed by atoms with Crippen LogP contribution in [0.1, 0.15) is 25.3 Å². The third kappa shape index (κ3) is 4.07. The number of carboxylic acid groups (broad SMARTS) is 1. The Balaban J connectivity index is 2.39. The second-order valence-corrected chi connectivity index (χ2v) is 5.53. The Bertz CT molecular complexity index is 751. The van der Waals surface area contributed by atoms with Crippen LogP contribution < -0.4 is 4.74 Å². The molecule has 24 heavy (non-hydrogen) atoms. The summed E-state index contributed by atoms with van der Waals surface area (Å²) in [6.45, 7) is 3.25. The first kappa shape index (κ1) is 17.4. The molecule has 126 valence electrons. The number of aliphatic carboxylic acids is 1. The molecule has 0 heterocycles. The molecule has 0 spiro atoms. The maximum absolute atomic E-state index is 11.2. The topological polar surface area (TPSA) is 87.0 Å². The first-order chi connectivity index (χ1) is 11.4. The van der Waals surface area contributed by atoms with Crippen molar-refractivity contribution in [3.05, 3.63) is 65.7 Å². The van der Waals surface area contributed by atoms with Crippen molar-refractivity contribution < 1.29 is 24.9 Å². The number of aromatic hydroxyl groups is 2. The van der Waals surface area contributed by atoms with E-state index in [2.05, 4.69) is 0 Å². The molecule has 1 unspecified atom stereocenters. The molecule has 0 aliphatic heterocycles. The fraction of sp³-hybridized carbons (Fsp3) is 0.211. The molecule has 0 amide bonds. The maximum Gasteiger partial charge on any atom is 0.330 e. The van der Waals surface area contributed by atoms with Crippen LogP contribution in [0.5, 0.6) is 17.2 Å². The number of carboxylic acids is 1. The van der Waals surface area contributed by atoms with Crippen molar-refractivity contribution in [2.45, 2.75) is 25.9 Å². The molecular weight excluding hydrogens is 308 g/mol. The second-order valence-electron chi connectivity index (χ2n) is 5.53. The summed E-state index contributed by atoms with van der Waals surface area (Å²) in [6, 6.07) is 13.3. The average Bonchev–Trinajstić information content (AvgIpc) is 2.55. The number of para-hydroxylation sites is 3. The van der Waals surface area contributed by atoms with Gasteiger partial charge >= 0.3 is 5.97 Å². The molecule has 3 N–H and O–H groups in total. The molecule has 0 saturated carbocycles. The van der Waals surface area contributed by atoms with E-state index in [0.29, 0.717) is 11.3 Å². The van der Waals surface area contributed by atoms with Crippen molar-refractivity contribution >= 4 is 5.97 Å². The molecule has 0 aliphatic carbocycles. The van der Waals surface area contributed by atoms with Crippen LogP contribution in [-0.2, 0) is 4.79 Å². The van der Waals surface area contributed by atoms with Crippen molar-refractivity contribution in [2.75, 3.05) is 0 Å². The Morgan fingerprint density at radius 1 is 1.04 bits per heavy atom. The summed E-state index contributed by atoms with van der Waals surface area (Å²) >= 11 is 0. The molecular formula is C19H20O5. The number of phenolic OH excluding ortho intramolecular Hbond substituents is 2. The predicted molar refractivity (Wildman–Crippen MR) is 90.4 cm³/mol. The molecule has 0 bridgehead atoms. The zero-order valence-corrected chi connectivity index (χ0v) is 13.5. The normalized spacial score (nSPS) is 14.0. The van der Waals surface area contributed by atoms with E-state index in [9.17, 15) is 15.0 Å². The Hall–Kier alpha value is -2.95. The van der Waals surface area contributed by atoms with Gasteiger partial charge in [0.25, 0.3) is 0 Å². The highest BCUT2D eigenvalue weighted by Crippen LogP contribution is 2.34. The lowest BCUT2D eigenvalue weighted by molar-refractivity contribution is -0.132. The van der Waals surface area contributed by atoms with E-state index in [4.69, 9.17) is 9.84 Å². The second kappa shape index (κ2) is 7.55. The lowest BCUT2D eigenvalue weighted by Crippen LogP contribution is -2.21. The number of phenols is 2. The number of hydrogen-bond acceptors (Lipinski definition) is 4. The molecule has 5 nitrogen and oxygen atoms in total. The molecule has 2 aromatic rings. The van der Waals surface area contributed by atoms with Crippen LogP contribution in [0.2, 0.25) is 0 Å². The minimum absolute atomic E-state index is 0.000630. The van der Waals surface area contributed by atoms with E-state index < -0.39 is 18.0 Å². The van der Waals surface area contributed by atoms with Gasteiger partial charge in [0, 0.05) is 17.1 Å². The van der Waals surface area contributed by atoms with Gasteiger partial charge in [0.2, 0.25) is 0 Å². The summed E-state index contributed by atoms with van der Waals surface area (Å²) in [5.41, 5.74) is 0.706. The fourth-order valence-corrected chi connectivity index (χ4v) is 2.42. The van der Waals surface area contributed by atoms with Gasteiger partial charge in [0.05, 0.1) is 0 Å². The number of benzene rings is 2. The summed E-state index contributed by atoms with van der Waals surface area (Å²) in [5, 5.41) is 29.1. The van der Waals surface area contributed by atoms with Crippen LogP contribution in [0, 0.1) is 0 Å². The molecule has 0 fully saturated rings. The minimum atomic E-state index is -1.04. The summed E-state index contributed by atoms with van der Waals surface area (Å²) in [6.07, 6.45) is 1.03. The Morgan fingerprint density at radius 2 is 1.62 bits per heavy atom. The van der Waals surface area contributed by atoms with Crippen molar-refractivity contribution in [3.8, 4) is 17.2 Å². The van der Waals surface area contributed by atoms with Gasteiger partial charge in [0.15, 0.2) is 11.5 Å². The van der Waals surface area contributed by atoms with Crippen molar-refractivity contribution in [3.63, 3.8) is 0 Å². The zero-order valence-electron chi connectivity index (χ0n) is 13.5. The molecule has 2 rings (SSSR count). The SMILES string of the molecule is CC(=CC(c1ccccc1O)[C@H](C)Oc1ccccc1O)C(=O)O. The number of ether oxygens (including phenoxy) is 1.